The first-order valence-electron chi connectivity index (χ1n) is 7.30. The zero-order chi connectivity index (χ0) is 15.0. The predicted octanol–water partition coefficient (Wildman–Crippen LogP) is 2.99. The minimum Gasteiger partial charge on any atom is -0.339 e. The van der Waals surface area contributed by atoms with Crippen molar-refractivity contribution in [2.45, 2.75) is 38.1 Å². The number of likely N-dealkylation sites (tertiary alicyclic amines) is 1. The second-order valence-electron chi connectivity index (χ2n) is 5.88. The number of ketones is 1. The predicted molar refractivity (Wildman–Crippen MR) is 77.6 cm³/mol. The summed E-state index contributed by atoms with van der Waals surface area (Å²) in [5, 5.41) is 0.352. The number of hydrogen-bond donors (Lipinski definition) is 0. The number of amides is 1. The number of halogens is 2. The van der Waals surface area contributed by atoms with Crippen LogP contribution in [0.3, 0.4) is 0 Å². The first kappa shape index (κ1) is 14.5. The Morgan fingerprint density at radius 2 is 2.14 bits per heavy atom. The number of hydrogen-bond acceptors (Lipinski definition) is 2. The van der Waals surface area contributed by atoms with Gasteiger partial charge in [0.2, 0.25) is 5.91 Å². The van der Waals surface area contributed by atoms with Crippen molar-refractivity contribution >= 4 is 23.3 Å². The van der Waals surface area contributed by atoms with Gasteiger partial charge < -0.3 is 4.90 Å². The van der Waals surface area contributed by atoms with Crippen molar-refractivity contribution in [3.05, 3.63) is 34.6 Å². The van der Waals surface area contributed by atoms with Gasteiger partial charge in [0.15, 0.2) is 0 Å². The minimum atomic E-state index is -0.378. The molecule has 1 unspecified atom stereocenters. The zero-order valence-corrected chi connectivity index (χ0v) is 12.4. The second-order valence-corrected chi connectivity index (χ2v) is 6.29. The standard InChI is InChI=1S/C16H17ClFNO2/c17-14-8-12(18)3-1-10(14)2-6-15(20)11-7-16(21)19(9-11)13-4-5-13/h1,3,8,11,13H,2,4-7,9H2. The molecule has 112 valence electrons. The molecular weight excluding hydrogens is 293 g/mol. The van der Waals surface area contributed by atoms with Crippen molar-refractivity contribution in [3.63, 3.8) is 0 Å². The van der Waals surface area contributed by atoms with Gasteiger partial charge in [-0.25, -0.2) is 4.39 Å². The Morgan fingerprint density at radius 1 is 1.38 bits per heavy atom. The van der Waals surface area contributed by atoms with Crippen molar-refractivity contribution in [1.82, 2.24) is 4.90 Å². The van der Waals surface area contributed by atoms with Crippen LogP contribution in [0.25, 0.3) is 0 Å². The summed E-state index contributed by atoms with van der Waals surface area (Å²) >= 11 is 5.96. The highest BCUT2D eigenvalue weighted by Crippen LogP contribution is 2.33. The molecule has 0 radical (unpaired) electrons. The fraction of sp³-hybridized carbons (Fsp3) is 0.500. The lowest BCUT2D eigenvalue weighted by molar-refractivity contribution is -0.128. The molecule has 1 aromatic carbocycles. The van der Waals surface area contributed by atoms with E-state index in [0.717, 1.165) is 18.4 Å². The summed E-state index contributed by atoms with van der Waals surface area (Å²) in [7, 11) is 0. The Kier molecular flexibility index (Phi) is 3.98. The number of carbonyl (C=O) groups excluding carboxylic acids is 2. The van der Waals surface area contributed by atoms with Crippen molar-refractivity contribution in [1.29, 1.82) is 0 Å². The zero-order valence-electron chi connectivity index (χ0n) is 11.6. The van der Waals surface area contributed by atoms with E-state index >= 15 is 0 Å². The lowest BCUT2D eigenvalue weighted by Crippen LogP contribution is -2.28. The SMILES string of the molecule is O=C(CCc1ccc(F)cc1Cl)C1CC(=O)N(C2CC2)C1. The molecule has 1 saturated heterocycles. The van der Waals surface area contributed by atoms with E-state index in [1.165, 1.54) is 12.1 Å². The van der Waals surface area contributed by atoms with Crippen LogP contribution in [0.4, 0.5) is 4.39 Å². The Labute approximate surface area is 128 Å². The van der Waals surface area contributed by atoms with Crippen LogP contribution in [0.15, 0.2) is 18.2 Å². The minimum absolute atomic E-state index is 0.104. The van der Waals surface area contributed by atoms with Crippen LogP contribution >= 0.6 is 11.6 Å². The summed E-state index contributed by atoms with van der Waals surface area (Å²) in [6, 6.07) is 4.60. The molecule has 1 saturated carbocycles. The third kappa shape index (κ3) is 3.26. The van der Waals surface area contributed by atoms with Crippen LogP contribution in [0.2, 0.25) is 5.02 Å². The molecule has 1 heterocycles. The highest BCUT2D eigenvalue weighted by Gasteiger charge is 2.41. The first-order valence-corrected chi connectivity index (χ1v) is 7.68. The summed E-state index contributed by atoms with van der Waals surface area (Å²) < 4.78 is 13.0. The number of carbonyl (C=O) groups is 2. The second kappa shape index (κ2) is 5.76. The van der Waals surface area contributed by atoms with E-state index in [1.54, 1.807) is 6.07 Å². The van der Waals surface area contributed by atoms with E-state index < -0.39 is 0 Å². The van der Waals surface area contributed by atoms with Gasteiger partial charge in [0, 0.05) is 36.4 Å². The number of benzene rings is 1. The molecule has 0 aromatic heterocycles. The Balaban J connectivity index is 1.56. The quantitative estimate of drug-likeness (QED) is 0.838. The number of Topliss-reactive ketones (excluding diaryl/α,β-unsaturated/α-hetero) is 1. The summed E-state index contributed by atoms with van der Waals surface area (Å²) in [4.78, 5) is 25.9. The maximum absolute atomic E-state index is 13.0. The van der Waals surface area contributed by atoms with Crippen molar-refractivity contribution in [3.8, 4) is 0 Å². The molecule has 1 amide bonds. The summed E-state index contributed by atoms with van der Waals surface area (Å²) in [5.41, 5.74) is 0.773. The third-order valence-electron chi connectivity index (χ3n) is 4.26. The Morgan fingerprint density at radius 3 is 2.81 bits per heavy atom. The average molecular weight is 310 g/mol. The van der Waals surface area contributed by atoms with Gasteiger partial charge in [-0.2, -0.15) is 0 Å². The fourth-order valence-corrected chi connectivity index (χ4v) is 3.13. The van der Waals surface area contributed by atoms with Gasteiger partial charge in [-0.05, 0) is 37.0 Å². The van der Waals surface area contributed by atoms with Gasteiger partial charge in [0.05, 0.1) is 0 Å². The average Bonchev–Trinajstić information content (AvgIpc) is 3.20. The monoisotopic (exact) mass is 309 g/mol. The molecule has 2 fully saturated rings. The number of aryl methyl sites for hydroxylation is 1. The van der Waals surface area contributed by atoms with E-state index in [9.17, 15) is 14.0 Å². The van der Waals surface area contributed by atoms with Crippen LogP contribution in [0.1, 0.15) is 31.2 Å². The van der Waals surface area contributed by atoms with Gasteiger partial charge in [-0.1, -0.05) is 17.7 Å². The lowest BCUT2D eigenvalue weighted by Gasteiger charge is -2.15. The van der Waals surface area contributed by atoms with E-state index in [2.05, 4.69) is 0 Å². The largest absolute Gasteiger partial charge is 0.339 e. The maximum atomic E-state index is 13.0. The normalized spacial score (nSPS) is 21.9. The topological polar surface area (TPSA) is 37.4 Å². The molecule has 0 N–H and O–H groups in total. The summed E-state index contributed by atoms with van der Waals surface area (Å²) in [6.07, 6.45) is 3.32. The highest BCUT2D eigenvalue weighted by molar-refractivity contribution is 6.31. The van der Waals surface area contributed by atoms with E-state index in [-0.39, 0.29) is 23.4 Å². The van der Waals surface area contributed by atoms with Crippen LogP contribution in [-0.4, -0.2) is 29.2 Å². The van der Waals surface area contributed by atoms with Gasteiger partial charge in [0.1, 0.15) is 11.6 Å². The van der Waals surface area contributed by atoms with Crippen molar-refractivity contribution < 1.29 is 14.0 Å². The van der Waals surface area contributed by atoms with E-state index in [4.69, 9.17) is 11.6 Å². The summed E-state index contributed by atoms with van der Waals surface area (Å²) in [6.45, 7) is 0.569. The van der Waals surface area contributed by atoms with Crippen LogP contribution in [0, 0.1) is 11.7 Å². The van der Waals surface area contributed by atoms with E-state index in [1.807, 2.05) is 4.90 Å². The Hall–Kier alpha value is -1.42. The van der Waals surface area contributed by atoms with Gasteiger partial charge in [-0.3, -0.25) is 9.59 Å². The molecule has 2 aliphatic rings. The molecule has 21 heavy (non-hydrogen) atoms. The molecule has 5 heteroatoms. The number of rotatable bonds is 5. The Bertz CT molecular complexity index is 586. The van der Waals surface area contributed by atoms with Crippen molar-refractivity contribution in [2.75, 3.05) is 6.54 Å². The first-order chi connectivity index (χ1) is 10.0. The van der Waals surface area contributed by atoms with Gasteiger partial charge in [-0.15, -0.1) is 0 Å². The lowest BCUT2D eigenvalue weighted by atomic mass is 9.97. The van der Waals surface area contributed by atoms with Gasteiger partial charge in [0.25, 0.3) is 0 Å². The molecule has 1 aromatic rings. The third-order valence-corrected chi connectivity index (χ3v) is 4.61. The van der Waals surface area contributed by atoms with Crippen LogP contribution in [-0.2, 0) is 16.0 Å². The molecule has 1 aliphatic carbocycles. The fourth-order valence-electron chi connectivity index (χ4n) is 2.87. The molecule has 0 bridgehead atoms. The molecule has 3 nitrogen and oxygen atoms in total. The maximum Gasteiger partial charge on any atom is 0.223 e. The molecule has 0 spiro atoms. The molecular formula is C16H17ClFNO2. The molecule has 1 atom stereocenters. The van der Waals surface area contributed by atoms with Crippen LogP contribution < -0.4 is 0 Å². The molecule has 1 aliphatic heterocycles. The van der Waals surface area contributed by atoms with Crippen LogP contribution in [0.5, 0.6) is 0 Å². The smallest absolute Gasteiger partial charge is 0.223 e. The summed E-state index contributed by atoms with van der Waals surface area (Å²) in [5.74, 6) is -0.351. The highest BCUT2D eigenvalue weighted by atomic mass is 35.5. The van der Waals surface area contributed by atoms with Gasteiger partial charge >= 0.3 is 0 Å². The number of nitrogens with zero attached hydrogens (tertiary/aromatic N) is 1. The van der Waals surface area contributed by atoms with E-state index in [0.29, 0.717) is 36.9 Å². The molecule has 3 rings (SSSR count). The van der Waals surface area contributed by atoms with Crippen molar-refractivity contribution in [2.24, 2.45) is 5.92 Å².